The predicted molar refractivity (Wildman–Crippen MR) is 131 cm³/mol. The first-order valence-electron chi connectivity index (χ1n) is 10.6. The largest absolute Gasteiger partial charge is 0.479 e. The summed E-state index contributed by atoms with van der Waals surface area (Å²) in [5, 5.41) is 12.4. The van der Waals surface area contributed by atoms with Gasteiger partial charge in [-0.3, -0.25) is 0 Å². The van der Waals surface area contributed by atoms with Gasteiger partial charge >= 0.3 is 5.97 Å². The van der Waals surface area contributed by atoms with Crippen molar-refractivity contribution in [1.29, 1.82) is 0 Å². The first-order chi connectivity index (χ1) is 14.9. The fraction of sp³-hybridized carbons (Fsp3) is 0.400. The lowest BCUT2D eigenvalue weighted by Gasteiger charge is -2.34. The van der Waals surface area contributed by atoms with Crippen molar-refractivity contribution in [2.24, 2.45) is 0 Å². The van der Waals surface area contributed by atoms with Crippen LogP contribution in [0.5, 0.6) is 0 Å². The molecule has 1 atom stereocenters. The number of hydrogen-bond donors (Lipinski definition) is 1. The van der Waals surface area contributed by atoms with E-state index in [0.717, 1.165) is 52.1 Å². The van der Waals surface area contributed by atoms with Crippen molar-refractivity contribution in [3.63, 3.8) is 0 Å². The molecule has 0 aliphatic carbocycles. The SMILES string of the molecule is Cc1c([C@H](OC(C)(C)C)C(=O)O)c(-c2ccc(Cl)cc2)c2c(Cl)c(C)n3c2c1N(C)CC3. The first-order valence-corrected chi connectivity index (χ1v) is 11.4. The standard InChI is InChI=1S/C25H28Cl2N2O3/c1-13-17(23(24(30)31)32-25(3,4)5)18(15-7-9-16(26)10-8-15)19-20(27)14(2)29-12-11-28(6)21(13)22(19)29/h7-10,23H,11-12H2,1-6H3,(H,30,31)/t23-/m0/s1. The van der Waals surface area contributed by atoms with Crippen LogP contribution in [0.1, 0.15) is 43.7 Å². The lowest BCUT2D eigenvalue weighted by atomic mass is 9.87. The lowest BCUT2D eigenvalue weighted by Crippen LogP contribution is -2.31. The summed E-state index contributed by atoms with van der Waals surface area (Å²) in [6, 6.07) is 7.44. The molecular formula is C25H28Cl2N2O3. The Hall–Kier alpha value is -2.21. The number of ether oxygens (including phenoxy) is 1. The second kappa shape index (κ2) is 7.98. The van der Waals surface area contributed by atoms with E-state index in [1.54, 1.807) is 0 Å². The Balaban J connectivity index is 2.21. The van der Waals surface area contributed by atoms with E-state index in [0.29, 0.717) is 15.6 Å². The quantitative estimate of drug-likeness (QED) is 0.461. The number of aliphatic carboxylic acids is 1. The van der Waals surface area contributed by atoms with Crippen molar-refractivity contribution in [1.82, 2.24) is 4.57 Å². The highest BCUT2D eigenvalue weighted by Crippen LogP contribution is 2.50. The van der Waals surface area contributed by atoms with Crippen LogP contribution in [0.2, 0.25) is 10.0 Å². The summed E-state index contributed by atoms with van der Waals surface area (Å²) < 4.78 is 8.38. The molecule has 2 aromatic carbocycles. The number of halogens is 2. The van der Waals surface area contributed by atoms with Gasteiger partial charge in [-0.05, 0) is 63.4 Å². The highest BCUT2D eigenvalue weighted by atomic mass is 35.5. The van der Waals surface area contributed by atoms with Crippen molar-refractivity contribution in [3.05, 3.63) is 51.1 Å². The molecule has 0 saturated carbocycles. The van der Waals surface area contributed by atoms with Crippen LogP contribution in [0.15, 0.2) is 24.3 Å². The molecule has 5 nitrogen and oxygen atoms in total. The normalized spacial score (nSPS) is 14.8. The van der Waals surface area contributed by atoms with E-state index >= 15 is 0 Å². The minimum atomic E-state index is -1.16. The van der Waals surface area contributed by atoms with Gasteiger partial charge in [0.2, 0.25) is 0 Å². The molecule has 0 amide bonds. The monoisotopic (exact) mass is 474 g/mol. The summed E-state index contributed by atoms with van der Waals surface area (Å²) in [5.41, 5.74) is 5.52. The molecule has 1 aliphatic rings. The summed E-state index contributed by atoms with van der Waals surface area (Å²) >= 11 is 13.1. The maximum absolute atomic E-state index is 12.6. The molecule has 0 bridgehead atoms. The van der Waals surface area contributed by atoms with Gasteiger partial charge in [-0.1, -0.05) is 35.3 Å². The van der Waals surface area contributed by atoms with Crippen molar-refractivity contribution in [2.75, 3.05) is 18.5 Å². The highest BCUT2D eigenvalue weighted by Gasteiger charge is 2.36. The second-order valence-corrected chi connectivity index (χ2v) is 10.2. The first kappa shape index (κ1) is 23.0. The molecule has 170 valence electrons. The zero-order valence-electron chi connectivity index (χ0n) is 19.2. The van der Waals surface area contributed by atoms with E-state index in [1.807, 2.05) is 65.9 Å². The molecule has 2 heterocycles. The van der Waals surface area contributed by atoms with Gasteiger partial charge in [0.25, 0.3) is 0 Å². The smallest absolute Gasteiger partial charge is 0.337 e. The zero-order valence-corrected chi connectivity index (χ0v) is 20.7. The van der Waals surface area contributed by atoms with Gasteiger partial charge in [-0.2, -0.15) is 0 Å². The van der Waals surface area contributed by atoms with Gasteiger partial charge in [0.1, 0.15) is 0 Å². The maximum Gasteiger partial charge on any atom is 0.337 e. The number of carbonyl (C=O) groups is 1. The van der Waals surface area contributed by atoms with E-state index in [2.05, 4.69) is 9.47 Å². The van der Waals surface area contributed by atoms with Crippen LogP contribution in [-0.2, 0) is 16.1 Å². The minimum absolute atomic E-state index is 0.612. The summed E-state index contributed by atoms with van der Waals surface area (Å²) in [4.78, 5) is 14.7. The van der Waals surface area contributed by atoms with Gasteiger partial charge in [-0.25, -0.2) is 4.79 Å². The molecule has 1 aromatic heterocycles. The van der Waals surface area contributed by atoms with Crippen LogP contribution in [0.3, 0.4) is 0 Å². The molecular weight excluding hydrogens is 447 g/mol. The minimum Gasteiger partial charge on any atom is -0.479 e. The summed E-state index contributed by atoms with van der Waals surface area (Å²) in [6.45, 7) is 11.2. The molecule has 0 spiro atoms. The van der Waals surface area contributed by atoms with E-state index in [4.69, 9.17) is 27.9 Å². The van der Waals surface area contributed by atoms with Gasteiger partial charge in [0, 0.05) is 41.8 Å². The molecule has 3 aromatic rings. The second-order valence-electron chi connectivity index (χ2n) is 9.41. The number of carboxylic acid groups (broad SMARTS) is 1. The zero-order chi connectivity index (χ0) is 23.5. The van der Waals surface area contributed by atoms with Gasteiger partial charge < -0.3 is 19.3 Å². The Morgan fingerprint density at radius 1 is 1.12 bits per heavy atom. The third-order valence-corrected chi connectivity index (χ3v) is 6.80. The number of hydrogen-bond acceptors (Lipinski definition) is 3. The fourth-order valence-corrected chi connectivity index (χ4v) is 5.16. The van der Waals surface area contributed by atoms with Crippen molar-refractivity contribution in [2.45, 2.75) is 52.9 Å². The molecule has 0 fully saturated rings. The summed E-state index contributed by atoms with van der Waals surface area (Å²) in [7, 11) is 2.04. The van der Waals surface area contributed by atoms with Crippen molar-refractivity contribution in [3.8, 4) is 11.1 Å². The van der Waals surface area contributed by atoms with Crippen LogP contribution in [0.4, 0.5) is 5.69 Å². The third-order valence-electron chi connectivity index (χ3n) is 6.08. The van der Waals surface area contributed by atoms with E-state index in [-0.39, 0.29) is 0 Å². The number of nitrogens with zero attached hydrogens (tertiary/aromatic N) is 2. The fourth-order valence-electron chi connectivity index (χ4n) is 4.75. The van der Waals surface area contributed by atoms with Gasteiger partial charge in [0.15, 0.2) is 6.10 Å². The Bertz CT molecular complexity index is 1220. The number of rotatable bonds is 4. The topological polar surface area (TPSA) is 54.7 Å². The molecule has 1 aliphatic heterocycles. The number of benzene rings is 2. The predicted octanol–water partition coefficient (Wildman–Crippen LogP) is 6.62. The molecule has 0 radical (unpaired) electrons. The number of aromatic nitrogens is 1. The Kier molecular flexibility index (Phi) is 5.73. The van der Waals surface area contributed by atoms with Crippen molar-refractivity contribution < 1.29 is 14.6 Å². The van der Waals surface area contributed by atoms with E-state index < -0.39 is 17.7 Å². The molecule has 4 rings (SSSR count). The van der Waals surface area contributed by atoms with Gasteiger partial charge in [-0.15, -0.1) is 0 Å². The summed E-state index contributed by atoms with van der Waals surface area (Å²) in [6.07, 6.45) is -1.16. The number of carboxylic acids is 1. The summed E-state index contributed by atoms with van der Waals surface area (Å²) in [5.74, 6) is -1.03. The van der Waals surface area contributed by atoms with Crippen molar-refractivity contribution >= 4 is 45.8 Å². The molecule has 0 unspecified atom stereocenters. The molecule has 0 saturated heterocycles. The Morgan fingerprint density at radius 2 is 1.75 bits per heavy atom. The maximum atomic E-state index is 12.6. The number of likely N-dealkylation sites (N-methyl/N-ethyl adjacent to an activating group) is 1. The average Bonchev–Trinajstić information content (AvgIpc) is 2.95. The average molecular weight is 475 g/mol. The molecule has 1 N–H and O–H groups in total. The van der Waals surface area contributed by atoms with Crippen LogP contribution in [0, 0.1) is 13.8 Å². The van der Waals surface area contributed by atoms with E-state index in [9.17, 15) is 9.90 Å². The van der Waals surface area contributed by atoms with Crippen LogP contribution in [0.25, 0.3) is 22.0 Å². The Labute approximate surface area is 198 Å². The van der Waals surface area contributed by atoms with Crippen LogP contribution >= 0.6 is 23.2 Å². The van der Waals surface area contributed by atoms with Gasteiger partial charge in [0.05, 0.1) is 21.8 Å². The lowest BCUT2D eigenvalue weighted by molar-refractivity contribution is -0.160. The van der Waals surface area contributed by atoms with Crippen LogP contribution in [-0.4, -0.2) is 34.8 Å². The molecule has 7 heteroatoms. The highest BCUT2D eigenvalue weighted by molar-refractivity contribution is 6.38. The van der Waals surface area contributed by atoms with Crippen LogP contribution < -0.4 is 4.90 Å². The molecule has 32 heavy (non-hydrogen) atoms. The van der Waals surface area contributed by atoms with E-state index in [1.165, 1.54) is 0 Å². The number of anilines is 1. The Morgan fingerprint density at radius 3 is 2.31 bits per heavy atom. The third kappa shape index (κ3) is 3.66.